The molecule has 0 N–H and O–H groups in total. The highest BCUT2D eigenvalue weighted by molar-refractivity contribution is 6.88. The van der Waals surface area contributed by atoms with Crippen molar-refractivity contribution in [1.29, 1.82) is 0 Å². The van der Waals surface area contributed by atoms with E-state index in [1.807, 2.05) is 0 Å². The summed E-state index contributed by atoms with van der Waals surface area (Å²) in [5.74, 6) is 0. The first kappa shape index (κ1) is 12.6. The summed E-state index contributed by atoms with van der Waals surface area (Å²) in [6.45, 7) is 7.11. The van der Waals surface area contributed by atoms with Crippen LogP contribution >= 0.6 is 11.6 Å². The highest BCUT2D eigenvalue weighted by Crippen LogP contribution is 2.28. The largest absolute Gasteiger partial charge is 0.244 e. The molecule has 19 heavy (non-hydrogen) atoms. The normalized spacial score (nSPS) is 12.2. The quantitative estimate of drug-likeness (QED) is 0.362. The first-order valence-electron chi connectivity index (χ1n) is 6.44. The van der Waals surface area contributed by atoms with Crippen LogP contribution in [0.4, 0.5) is 0 Å². The molecule has 1 heterocycles. The van der Waals surface area contributed by atoms with Gasteiger partial charge in [0, 0.05) is 11.6 Å². The van der Waals surface area contributed by atoms with Gasteiger partial charge >= 0.3 is 0 Å². The third kappa shape index (κ3) is 2.15. The molecule has 0 aliphatic rings. The molecule has 96 valence electrons. The number of benzene rings is 2. The van der Waals surface area contributed by atoms with E-state index < -0.39 is 8.07 Å². The third-order valence-corrected chi connectivity index (χ3v) is 5.92. The Morgan fingerprint density at radius 2 is 1.63 bits per heavy atom. The molecule has 0 saturated carbocycles. The first-order chi connectivity index (χ1) is 8.97. The molecule has 0 aliphatic heterocycles. The average Bonchev–Trinajstić information content (AvgIpc) is 2.37. The van der Waals surface area contributed by atoms with Crippen LogP contribution in [0.1, 0.15) is 0 Å². The second-order valence-electron chi connectivity index (χ2n) is 5.95. The third-order valence-electron chi connectivity index (χ3n) is 3.58. The Hall–Kier alpha value is -1.38. The standard InChI is InChI=1S/C16H16ClNSi/c1-19(2,3)12-6-4-11-5-7-14-13(15(11)10-12)8-9-18-16(14)17/h4-10H,1-3H3. The van der Waals surface area contributed by atoms with Crippen LogP contribution in [-0.4, -0.2) is 13.1 Å². The van der Waals surface area contributed by atoms with Crippen molar-refractivity contribution in [2.24, 2.45) is 0 Å². The molecule has 1 nitrogen and oxygen atoms in total. The van der Waals surface area contributed by atoms with Crippen molar-refractivity contribution in [1.82, 2.24) is 4.98 Å². The van der Waals surface area contributed by atoms with Crippen molar-refractivity contribution >= 4 is 46.4 Å². The van der Waals surface area contributed by atoms with Gasteiger partial charge in [0.05, 0.1) is 8.07 Å². The Morgan fingerprint density at radius 1 is 0.895 bits per heavy atom. The Kier molecular flexibility index (Phi) is 2.88. The predicted octanol–water partition coefficient (Wildman–Crippen LogP) is 4.59. The molecule has 3 aromatic rings. The van der Waals surface area contributed by atoms with E-state index in [1.165, 1.54) is 21.3 Å². The van der Waals surface area contributed by atoms with Gasteiger partial charge in [-0.25, -0.2) is 4.98 Å². The monoisotopic (exact) mass is 285 g/mol. The number of nitrogens with zero attached hydrogens (tertiary/aromatic N) is 1. The Balaban J connectivity index is 2.43. The van der Waals surface area contributed by atoms with Crippen LogP contribution in [0.25, 0.3) is 21.5 Å². The van der Waals surface area contributed by atoms with Crippen molar-refractivity contribution in [2.45, 2.75) is 19.6 Å². The van der Waals surface area contributed by atoms with Gasteiger partial charge in [-0.2, -0.15) is 0 Å². The number of rotatable bonds is 1. The zero-order valence-corrected chi connectivity index (χ0v) is 13.1. The SMILES string of the molecule is C[Si](C)(C)c1ccc2ccc3c(Cl)nccc3c2c1. The van der Waals surface area contributed by atoms with E-state index in [0.29, 0.717) is 5.15 Å². The summed E-state index contributed by atoms with van der Waals surface area (Å²) in [5, 5.41) is 6.82. The van der Waals surface area contributed by atoms with Gasteiger partial charge < -0.3 is 0 Å². The maximum absolute atomic E-state index is 6.18. The van der Waals surface area contributed by atoms with Crippen molar-refractivity contribution in [3.63, 3.8) is 0 Å². The van der Waals surface area contributed by atoms with Gasteiger partial charge in [-0.15, -0.1) is 0 Å². The molecule has 0 fully saturated rings. The van der Waals surface area contributed by atoms with Crippen LogP contribution in [0.5, 0.6) is 0 Å². The number of halogens is 1. The van der Waals surface area contributed by atoms with E-state index in [0.717, 1.165) is 5.39 Å². The van der Waals surface area contributed by atoms with Gasteiger partial charge in [0.15, 0.2) is 0 Å². The van der Waals surface area contributed by atoms with Gasteiger partial charge in [0.25, 0.3) is 0 Å². The molecule has 3 rings (SSSR count). The lowest BCUT2D eigenvalue weighted by atomic mass is 10.0. The Bertz CT molecular complexity index is 775. The molecule has 3 heteroatoms. The summed E-state index contributed by atoms with van der Waals surface area (Å²) < 4.78 is 0. The second kappa shape index (κ2) is 4.32. The van der Waals surface area contributed by atoms with E-state index in [2.05, 4.69) is 61.0 Å². The zero-order valence-electron chi connectivity index (χ0n) is 11.4. The van der Waals surface area contributed by atoms with Crippen LogP contribution in [-0.2, 0) is 0 Å². The minimum Gasteiger partial charge on any atom is -0.244 e. The fourth-order valence-electron chi connectivity index (χ4n) is 2.42. The fourth-order valence-corrected chi connectivity index (χ4v) is 3.80. The van der Waals surface area contributed by atoms with Crippen LogP contribution in [0.2, 0.25) is 24.8 Å². The summed E-state index contributed by atoms with van der Waals surface area (Å²) >= 11 is 6.18. The molecule has 0 spiro atoms. The summed E-state index contributed by atoms with van der Waals surface area (Å²) in [6.07, 6.45) is 1.78. The van der Waals surface area contributed by atoms with Gasteiger partial charge in [-0.05, 0) is 22.2 Å². The second-order valence-corrected chi connectivity index (χ2v) is 11.4. The molecule has 0 atom stereocenters. The van der Waals surface area contributed by atoms with Crippen molar-refractivity contribution < 1.29 is 0 Å². The Labute approximate surface area is 119 Å². The predicted molar refractivity (Wildman–Crippen MR) is 87.2 cm³/mol. The topological polar surface area (TPSA) is 12.9 Å². The molecule has 0 aliphatic carbocycles. The van der Waals surface area contributed by atoms with E-state index >= 15 is 0 Å². The van der Waals surface area contributed by atoms with E-state index in [4.69, 9.17) is 11.6 Å². The number of fused-ring (bicyclic) bond motifs is 3. The van der Waals surface area contributed by atoms with Crippen molar-refractivity contribution in [3.05, 3.63) is 47.7 Å². The van der Waals surface area contributed by atoms with E-state index in [9.17, 15) is 0 Å². The minimum absolute atomic E-state index is 0.581. The average molecular weight is 286 g/mol. The maximum Gasteiger partial charge on any atom is 0.136 e. The van der Waals surface area contributed by atoms with Gasteiger partial charge in [0.2, 0.25) is 0 Å². The maximum atomic E-state index is 6.18. The lowest BCUT2D eigenvalue weighted by Crippen LogP contribution is -2.37. The van der Waals surface area contributed by atoms with Crippen LogP contribution < -0.4 is 5.19 Å². The number of hydrogen-bond donors (Lipinski definition) is 0. The first-order valence-corrected chi connectivity index (χ1v) is 10.3. The van der Waals surface area contributed by atoms with Gasteiger partial charge in [-0.3, -0.25) is 0 Å². The molecular weight excluding hydrogens is 270 g/mol. The lowest BCUT2D eigenvalue weighted by Gasteiger charge is -2.17. The van der Waals surface area contributed by atoms with Gasteiger partial charge in [-0.1, -0.05) is 66.8 Å². The summed E-state index contributed by atoms with van der Waals surface area (Å²) in [5.41, 5.74) is 0. The van der Waals surface area contributed by atoms with Crippen LogP contribution in [0.3, 0.4) is 0 Å². The number of aromatic nitrogens is 1. The summed E-state index contributed by atoms with van der Waals surface area (Å²) in [4.78, 5) is 4.16. The minimum atomic E-state index is -1.30. The lowest BCUT2D eigenvalue weighted by molar-refractivity contribution is 1.37. The fraction of sp³-hybridized carbons (Fsp3) is 0.188. The highest BCUT2D eigenvalue weighted by atomic mass is 35.5. The van der Waals surface area contributed by atoms with Gasteiger partial charge in [0.1, 0.15) is 5.15 Å². The highest BCUT2D eigenvalue weighted by Gasteiger charge is 2.17. The molecule has 0 radical (unpaired) electrons. The summed E-state index contributed by atoms with van der Waals surface area (Å²) in [6, 6.07) is 13.1. The van der Waals surface area contributed by atoms with Crippen LogP contribution in [0.15, 0.2) is 42.6 Å². The number of pyridine rings is 1. The van der Waals surface area contributed by atoms with E-state index in [-0.39, 0.29) is 0 Å². The number of hydrogen-bond acceptors (Lipinski definition) is 1. The molecule has 0 bridgehead atoms. The smallest absolute Gasteiger partial charge is 0.136 e. The van der Waals surface area contributed by atoms with Crippen molar-refractivity contribution in [3.8, 4) is 0 Å². The summed E-state index contributed by atoms with van der Waals surface area (Å²) in [7, 11) is -1.30. The van der Waals surface area contributed by atoms with E-state index in [1.54, 1.807) is 6.20 Å². The molecule has 0 unspecified atom stereocenters. The Morgan fingerprint density at radius 3 is 2.37 bits per heavy atom. The van der Waals surface area contributed by atoms with Crippen molar-refractivity contribution in [2.75, 3.05) is 0 Å². The molecule has 0 saturated heterocycles. The molecule has 2 aromatic carbocycles. The zero-order chi connectivity index (χ0) is 13.6. The van der Waals surface area contributed by atoms with Crippen LogP contribution in [0, 0.1) is 0 Å². The molecule has 1 aromatic heterocycles. The molecular formula is C16H16ClNSi. The molecule has 0 amide bonds.